The number of ether oxygens (including phenoxy) is 1. The smallest absolute Gasteiger partial charge is 0.340 e. The summed E-state index contributed by atoms with van der Waals surface area (Å²) in [4.78, 5) is 26.1. The number of hydrogen-bond donors (Lipinski definition) is 1. The highest BCUT2D eigenvalue weighted by Crippen LogP contribution is 2.22. The van der Waals surface area contributed by atoms with E-state index in [1.807, 2.05) is 19.9 Å². The summed E-state index contributed by atoms with van der Waals surface area (Å²) in [5.41, 5.74) is 1.21. The first-order valence-electron chi connectivity index (χ1n) is 7.10. The molecule has 0 saturated heterocycles. The van der Waals surface area contributed by atoms with Crippen molar-refractivity contribution in [2.45, 2.75) is 26.9 Å². The highest BCUT2D eigenvalue weighted by Gasteiger charge is 2.21. The fraction of sp³-hybridized carbons (Fsp3) is 0.235. The molecular weight excluding hydrogens is 348 g/mol. The maximum atomic E-state index is 12.1. The Hall–Kier alpha value is -2.36. The summed E-state index contributed by atoms with van der Waals surface area (Å²) < 4.78 is 5.21. The van der Waals surface area contributed by atoms with Gasteiger partial charge in [0.05, 0.1) is 16.1 Å². The quantitative estimate of drug-likeness (QED) is 0.831. The van der Waals surface area contributed by atoms with Gasteiger partial charge in [-0.2, -0.15) is 5.26 Å². The second-order valence-corrected chi connectivity index (χ2v) is 7.04. The molecule has 0 aliphatic carbocycles. The molecule has 0 aliphatic rings. The number of carbonyl (C=O) groups is 2. The number of amides is 1. The minimum absolute atomic E-state index is 0.240. The van der Waals surface area contributed by atoms with Crippen LogP contribution < -0.4 is 5.32 Å². The van der Waals surface area contributed by atoms with E-state index < -0.39 is 18.0 Å². The number of aryl methyl sites for hydroxylation is 2. The van der Waals surface area contributed by atoms with Crippen LogP contribution >= 0.6 is 22.9 Å². The number of thiophene rings is 1. The lowest BCUT2D eigenvalue weighted by Crippen LogP contribution is -2.30. The van der Waals surface area contributed by atoms with E-state index >= 15 is 0 Å². The molecule has 1 atom stereocenters. The number of hydrogen-bond acceptors (Lipinski definition) is 5. The van der Waals surface area contributed by atoms with Gasteiger partial charge < -0.3 is 10.1 Å². The lowest BCUT2D eigenvalue weighted by molar-refractivity contribution is -0.123. The zero-order valence-electron chi connectivity index (χ0n) is 13.3. The average molecular weight is 363 g/mol. The summed E-state index contributed by atoms with van der Waals surface area (Å²) in [6, 6.07) is 8.22. The molecule has 0 saturated carbocycles. The van der Waals surface area contributed by atoms with Crippen LogP contribution in [0.4, 0.5) is 5.69 Å². The zero-order chi connectivity index (χ0) is 17.9. The molecule has 1 aromatic heterocycles. The predicted octanol–water partition coefficient (Wildman–Crippen LogP) is 4.07. The molecule has 1 heterocycles. The first-order chi connectivity index (χ1) is 11.3. The molecule has 7 heteroatoms. The van der Waals surface area contributed by atoms with E-state index in [1.165, 1.54) is 30.4 Å². The first-order valence-corrected chi connectivity index (χ1v) is 8.29. The number of rotatable bonds is 4. The summed E-state index contributed by atoms with van der Waals surface area (Å²) in [6.07, 6.45) is -0.966. The van der Waals surface area contributed by atoms with Crippen molar-refractivity contribution >= 4 is 40.5 Å². The Bertz CT molecular complexity index is 839. The number of halogens is 1. The topological polar surface area (TPSA) is 79.2 Å². The average Bonchev–Trinajstić information content (AvgIpc) is 2.86. The van der Waals surface area contributed by atoms with E-state index in [0.29, 0.717) is 16.8 Å². The van der Waals surface area contributed by atoms with Gasteiger partial charge in [-0.1, -0.05) is 11.6 Å². The van der Waals surface area contributed by atoms with Crippen molar-refractivity contribution in [1.82, 2.24) is 0 Å². The van der Waals surface area contributed by atoms with Gasteiger partial charge in [0.15, 0.2) is 6.10 Å². The number of nitriles is 1. The Morgan fingerprint density at radius 1 is 1.33 bits per heavy atom. The maximum Gasteiger partial charge on any atom is 0.340 e. The third-order valence-corrected chi connectivity index (χ3v) is 4.55. The van der Waals surface area contributed by atoms with Crippen molar-refractivity contribution in [1.29, 1.82) is 5.26 Å². The van der Waals surface area contributed by atoms with Crippen molar-refractivity contribution < 1.29 is 14.3 Å². The molecule has 0 aliphatic heterocycles. The van der Waals surface area contributed by atoms with Gasteiger partial charge in [0.2, 0.25) is 0 Å². The fourth-order valence-corrected chi connectivity index (χ4v) is 3.17. The van der Waals surface area contributed by atoms with E-state index in [4.69, 9.17) is 21.6 Å². The zero-order valence-corrected chi connectivity index (χ0v) is 14.9. The Morgan fingerprint density at radius 2 is 2.04 bits per heavy atom. The fourth-order valence-electron chi connectivity index (χ4n) is 2.04. The van der Waals surface area contributed by atoms with Crippen LogP contribution in [0.5, 0.6) is 0 Å². The van der Waals surface area contributed by atoms with E-state index in [0.717, 1.165) is 9.75 Å². The van der Waals surface area contributed by atoms with Gasteiger partial charge in [-0.15, -0.1) is 11.3 Å². The highest BCUT2D eigenvalue weighted by atomic mass is 35.5. The second-order valence-electron chi connectivity index (χ2n) is 5.17. The molecule has 0 radical (unpaired) electrons. The van der Waals surface area contributed by atoms with Gasteiger partial charge in [-0.05, 0) is 45.0 Å². The van der Waals surface area contributed by atoms with Crippen LogP contribution in [0.2, 0.25) is 5.02 Å². The number of esters is 1. The number of nitrogens with one attached hydrogen (secondary N) is 1. The molecule has 2 rings (SSSR count). The largest absolute Gasteiger partial charge is 0.449 e. The highest BCUT2D eigenvalue weighted by molar-refractivity contribution is 7.12. The monoisotopic (exact) mass is 362 g/mol. The van der Waals surface area contributed by atoms with E-state index in [2.05, 4.69) is 5.32 Å². The van der Waals surface area contributed by atoms with Crippen LogP contribution in [0.15, 0.2) is 24.3 Å². The Kier molecular flexibility index (Phi) is 5.60. The molecule has 5 nitrogen and oxygen atoms in total. The van der Waals surface area contributed by atoms with Gasteiger partial charge in [0.1, 0.15) is 6.07 Å². The van der Waals surface area contributed by atoms with Crippen LogP contribution in [0.25, 0.3) is 0 Å². The summed E-state index contributed by atoms with van der Waals surface area (Å²) in [5, 5.41) is 11.7. The molecule has 1 amide bonds. The molecule has 2 aromatic rings. The number of benzene rings is 1. The lowest BCUT2D eigenvalue weighted by atomic mass is 10.2. The molecule has 1 aromatic carbocycles. The normalized spacial score (nSPS) is 11.5. The van der Waals surface area contributed by atoms with Gasteiger partial charge in [-0.25, -0.2) is 4.79 Å². The standard InChI is InChI=1S/C17H15ClN2O3S/c1-9-6-14(11(3)24-9)17(22)23-10(2)16(21)20-13-5-4-12(8-19)15(18)7-13/h4-7,10H,1-3H3,(H,20,21)/t10-/m0/s1. The Labute approximate surface area is 148 Å². The van der Waals surface area contributed by atoms with E-state index in [1.54, 1.807) is 12.1 Å². The van der Waals surface area contributed by atoms with Crippen molar-refractivity contribution in [3.05, 3.63) is 50.2 Å². The summed E-state index contributed by atoms with van der Waals surface area (Å²) >= 11 is 7.42. The second kappa shape index (κ2) is 7.47. The minimum Gasteiger partial charge on any atom is -0.449 e. The van der Waals surface area contributed by atoms with Gasteiger partial charge >= 0.3 is 5.97 Å². The predicted molar refractivity (Wildman–Crippen MR) is 93.5 cm³/mol. The number of anilines is 1. The third kappa shape index (κ3) is 4.13. The molecule has 0 fully saturated rings. The van der Waals surface area contributed by atoms with Crippen molar-refractivity contribution in [3.8, 4) is 6.07 Å². The van der Waals surface area contributed by atoms with Crippen molar-refractivity contribution in [2.75, 3.05) is 5.32 Å². The third-order valence-electron chi connectivity index (χ3n) is 3.27. The Morgan fingerprint density at radius 3 is 2.58 bits per heavy atom. The SMILES string of the molecule is Cc1cc(C(=O)O[C@@H](C)C(=O)Nc2ccc(C#N)c(Cl)c2)c(C)s1. The molecule has 0 bridgehead atoms. The first kappa shape index (κ1) is 18.0. The number of carbonyl (C=O) groups excluding carboxylic acids is 2. The van der Waals surface area contributed by atoms with E-state index in [-0.39, 0.29) is 5.02 Å². The maximum absolute atomic E-state index is 12.1. The number of nitrogens with zero attached hydrogens (tertiary/aromatic N) is 1. The van der Waals surface area contributed by atoms with Crippen LogP contribution in [0.1, 0.15) is 32.6 Å². The van der Waals surface area contributed by atoms with Gasteiger partial charge in [0, 0.05) is 15.4 Å². The Balaban J connectivity index is 2.02. The van der Waals surface area contributed by atoms with Gasteiger partial charge in [0.25, 0.3) is 5.91 Å². The molecule has 0 unspecified atom stereocenters. The summed E-state index contributed by atoms with van der Waals surface area (Å²) in [6.45, 7) is 5.23. The van der Waals surface area contributed by atoms with Crippen molar-refractivity contribution in [2.24, 2.45) is 0 Å². The molecule has 1 N–H and O–H groups in total. The van der Waals surface area contributed by atoms with Crippen molar-refractivity contribution in [3.63, 3.8) is 0 Å². The van der Waals surface area contributed by atoms with Crippen LogP contribution in [0, 0.1) is 25.2 Å². The summed E-state index contributed by atoms with van der Waals surface area (Å²) in [5.74, 6) is -1.01. The minimum atomic E-state index is -0.966. The molecule has 24 heavy (non-hydrogen) atoms. The molecule has 124 valence electrons. The molecule has 0 spiro atoms. The van der Waals surface area contributed by atoms with Gasteiger partial charge in [-0.3, -0.25) is 4.79 Å². The summed E-state index contributed by atoms with van der Waals surface area (Å²) in [7, 11) is 0. The van der Waals surface area contributed by atoms with Crippen LogP contribution in [0.3, 0.4) is 0 Å². The van der Waals surface area contributed by atoms with E-state index in [9.17, 15) is 9.59 Å². The lowest BCUT2D eigenvalue weighted by Gasteiger charge is -2.13. The van der Waals surface area contributed by atoms with Crippen LogP contribution in [-0.4, -0.2) is 18.0 Å². The molecular formula is C17H15ClN2O3S. The van der Waals surface area contributed by atoms with Crippen LogP contribution in [-0.2, 0) is 9.53 Å².